The van der Waals surface area contributed by atoms with E-state index in [0.29, 0.717) is 10.2 Å². The molecule has 0 aromatic heterocycles. The lowest BCUT2D eigenvalue weighted by Gasteiger charge is -2.24. The molecule has 0 bridgehead atoms. The highest BCUT2D eigenvalue weighted by Gasteiger charge is 2.28. The summed E-state index contributed by atoms with van der Waals surface area (Å²) in [6.07, 6.45) is 0. The fraction of sp³-hybridized carbons (Fsp3) is 0.188. The van der Waals surface area contributed by atoms with E-state index >= 15 is 0 Å². The summed E-state index contributed by atoms with van der Waals surface area (Å²) in [5.74, 6) is -0.642. The Labute approximate surface area is 144 Å². The topological polar surface area (TPSA) is 63.7 Å². The molecule has 0 heterocycles. The lowest BCUT2D eigenvalue weighted by Crippen LogP contribution is -2.36. The van der Waals surface area contributed by atoms with Crippen LogP contribution in [-0.4, -0.2) is 28.0 Å². The summed E-state index contributed by atoms with van der Waals surface area (Å²) in [4.78, 5) is 11.8. The van der Waals surface area contributed by atoms with Crippen LogP contribution in [-0.2, 0) is 19.6 Å². The highest BCUT2D eigenvalue weighted by atomic mass is 79.9. The third-order valence-electron chi connectivity index (χ3n) is 3.23. The third-order valence-corrected chi connectivity index (χ3v) is 5.68. The van der Waals surface area contributed by atoms with Crippen LogP contribution in [0, 0.1) is 6.92 Å². The minimum atomic E-state index is -3.90. The first-order chi connectivity index (χ1) is 10.9. The van der Waals surface area contributed by atoms with Gasteiger partial charge in [0.05, 0.1) is 17.7 Å². The molecule has 0 aliphatic carbocycles. The highest BCUT2D eigenvalue weighted by molar-refractivity contribution is 9.10. The number of halogens is 1. The maximum atomic E-state index is 12.9. The first-order valence-electron chi connectivity index (χ1n) is 6.77. The van der Waals surface area contributed by atoms with Gasteiger partial charge in [-0.05, 0) is 47.1 Å². The minimum absolute atomic E-state index is 0.114. The van der Waals surface area contributed by atoms with Gasteiger partial charge >= 0.3 is 5.97 Å². The van der Waals surface area contributed by atoms with Crippen LogP contribution < -0.4 is 4.31 Å². The van der Waals surface area contributed by atoms with E-state index in [1.165, 1.54) is 19.2 Å². The number of carbonyl (C=O) groups excluding carboxylic acids is 1. The van der Waals surface area contributed by atoms with E-state index in [1.54, 1.807) is 36.4 Å². The number of anilines is 1. The zero-order valence-corrected chi connectivity index (χ0v) is 15.1. The molecule has 0 atom stereocenters. The van der Waals surface area contributed by atoms with Crippen molar-refractivity contribution in [3.8, 4) is 0 Å². The van der Waals surface area contributed by atoms with Gasteiger partial charge in [0.1, 0.15) is 6.54 Å². The Balaban J connectivity index is 2.54. The number of aryl methyl sites for hydroxylation is 1. The molecule has 2 aromatic carbocycles. The Kier molecular flexibility index (Phi) is 5.43. The number of benzene rings is 2. The number of carbonyl (C=O) groups is 1. The van der Waals surface area contributed by atoms with Gasteiger partial charge in [0, 0.05) is 4.47 Å². The highest BCUT2D eigenvalue weighted by Crippen LogP contribution is 2.30. The first-order valence-corrected chi connectivity index (χ1v) is 9.00. The Morgan fingerprint density at radius 1 is 1.13 bits per heavy atom. The monoisotopic (exact) mass is 397 g/mol. The van der Waals surface area contributed by atoms with Gasteiger partial charge in [-0.3, -0.25) is 9.10 Å². The second-order valence-corrected chi connectivity index (χ2v) is 7.57. The average molecular weight is 398 g/mol. The molecule has 0 unspecified atom stereocenters. The van der Waals surface area contributed by atoms with E-state index in [-0.39, 0.29) is 4.90 Å². The molecule has 0 aliphatic rings. The number of methoxy groups -OCH3 is 1. The van der Waals surface area contributed by atoms with Gasteiger partial charge in [-0.15, -0.1) is 0 Å². The fourth-order valence-electron chi connectivity index (χ4n) is 1.97. The smallest absolute Gasteiger partial charge is 0.326 e. The van der Waals surface area contributed by atoms with Gasteiger partial charge in [-0.25, -0.2) is 8.42 Å². The summed E-state index contributed by atoms with van der Waals surface area (Å²) in [6.45, 7) is 1.46. The normalized spacial score (nSPS) is 11.1. The minimum Gasteiger partial charge on any atom is -0.468 e. The number of ether oxygens (including phenoxy) is 1. The van der Waals surface area contributed by atoms with Crippen LogP contribution in [0.1, 0.15) is 5.56 Å². The number of nitrogens with zero attached hydrogens (tertiary/aromatic N) is 1. The molecule has 23 heavy (non-hydrogen) atoms. The molecule has 0 saturated heterocycles. The SMILES string of the molecule is COC(=O)CN(c1ccccc1Br)S(=O)(=O)c1ccc(C)cc1. The Morgan fingerprint density at radius 3 is 2.30 bits per heavy atom. The number of hydrogen-bond acceptors (Lipinski definition) is 4. The first kappa shape index (κ1) is 17.5. The molecule has 0 amide bonds. The second-order valence-electron chi connectivity index (χ2n) is 4.85. The predicted molar refractivity (Wildman–Crippen MR) is 91.9 cm³/mol. The molecule has 0 radical (unpaired) electrons. The summed E-state index contributed by atoms with van der Waals surface area (Å²) < 4.78 is 32.1. The van der Waals surface area contributed by atoms with Crippen LogP contribution in [0.5, 0.6) is 0 Å². The predicted octanol–water partition coefficient (Wildman–Crippen LogP) is 3.13. The van der Waals surface area contributed by atoms with Crippen molar-refractivity contribution in [1.82, 2.24) is 0 Å². The second kappa shape index (κ2) is 7.14. The Morgan fingerprint density at radius 2 is 1.74 bits per heavy atom. The van der Waals surface area contributed by atoms with Crippen molar-refractivity contribution in [3.05, 3.63) is 58.6 Å². The molecule has 0 spiro atoms. The molecule has 2 aromatic rings. The maximum Gasteiger partial charge on any atom is 0.326 e. The van der Waals surface area contributed by atoms with Gasteiger partial charge in [-0.1, -0.05) is 29.8 Å². The zero-order chi connectivity index (χ0) is 17.0. The van der Waals surface area contributed by atoms with Crippen LogP contribution >= 0.6 is 15.9 Å². The number of sulfonamides is 1. The quantitative estimate of drug-likeness (QED) is 0.726. The molecule has 5 nitrogen and oxygen atoms in total. The Hall–Kier alpha value is -1.86. The maximum absolute atomic E-state index is 12.9. The van der Waals surface area contributed by atoms with Crippen LogP contribution in [0.25, 0.3) is 0 Å². The molecule has 2 rings (SSSR count). The van der Waals surface area contributed by atoms with Crippen molar-refractivity contribution >= 4 is 37.6 Å². The van der Waals surface area contributed by atoms with Crippen LogP contribution in [0.4, 0.5) is 5.69 Å². The standard InChI is InChI=1S/C16H16BrNO4S/c1-12-7-9-13(10-8-12)23(20,21)18(11-16(19)22-2)15-6-4-3-5-14(15)17/h3-10H,11H2,1-2H3. The van der Waals surface area contributed by atoms with E-state index in [1.807, 2.05) is 6.92 Å². The summed E-state index contributed by atoms with van der Waals surface area (Å²) >= 11 is 3.33. The van der Waals surface area contributed by atoms with E-state index in [2.05, 4.69) is 20.7 Å². The fourth-order valence-corrected chi connectivity index (χ4v) is 4.02. The van der Waals surface area contributed by atoms with Crippen molar-refractivity contribution in [2.75, 3.05) is 18.0 Å². The molecule has 0 saturated carbocycles. The summed E-state index contributed by atoms with van der Waals surface area (Å²) in [5.41, 5.74) is 1.32. The Bertz CT molecular complexity index is 803. The lowest BCUT2D eigenvalue weighted by atomic mass is 10.2. The van der Waals surface area contributed by atoms with Crippen molar-refractivity contribution in [2.24, 2.45) is 0 Å². The average Bonchev–Trinajstić information content (AvgIpc) is 2.53. The summed E-state index contributed by atoms with van der Waals surface area (Å²) in [6, 6.07) is 13.3. The number of esters is 1. The van der Waals surface area contributed by atoms with Crippen molar-refractivity contribution in [2.45, 2.75) is 11.8 Å². The van der Waals surface area contributed by atoms with E-state index in [9.17, 15) is 13.2 Å². The van der Waals surface area contributed by atoms with Crippen molar-refractivity contribution in [3.63, 3.8) is 0 Å². The zero-order valence-electron chi connectivity index (χ0n) is 12.7. The van der Waals surface area contributed by atoms with E-state index < -0.39 is 22.5 Å². The molecule has 0 fully saturated rings. The van der Waals surface area contributed by atoms with Gasteiger partial charge in [-0.2, -0.15) is 0 Å². The largest absolute Gasteiger partial charge is 0.468 e. The number of hydrogen-bond donors (Lipinski definition) is 0. The van der Waals surface area contributed by atoms with Gasteiger partial charge < -0.3 is 4.74 Å². The lowest BCUT2D eigenvalue weighted by molar-refractivity contribution is -0.138. The molecule has 0 aliphatic heterocycles. The molecule has 122 valence electrons. The van der Waals surface area contributed by atoms with Crippen molar-refractivity contribution < 1.29 is 17.9 Å². The van der Waals surface area contributed by atoms with E-state index in [4.69, 9.17) is 0 Å². The number of para-hydroxylation sites is 1. The van der Waals surface area contributed by atoms with Crippen molar-refractivity contribution in [1.29, 1.82) is 0 Å². The number of rotatable bonds is 5. The van der Waals surface area contributed by atoms with Gasteiger partial charge in [0.15, 0.2) is 0 Å². The third kappa shape index (κ3) is 3.92. The molecular formula is C16H16BrNO4S. The summed E-state index contributed by atoms with van der Waals surface area (Å²) in [5, 5.41) is 0. The molecule has 0 N–H and O–H groups in total. The van der Waals surface area contributed by atoms with Crippen LogP contribution in [0.2, 0.25) is 0 Å². The van der Waals surface area contributed by atoms with Crippen LogP contribution in [0.3, 0.4) is 0 Å². The van der Waals surface area contributed by atoms with Crippen LogP contribution in [0.15, 0.2) is 57.9 Å². The summed E-state index contributed by atoms with van der Waals surface area (Å²) in [7, 11) is -2.67. The van der Waals surface area contributed by atoms with Gasteiger partial charge in [0.25, 0.3) is 10.0 Å². The van der Waals surface area contributed by atoms with E-state index in [0.717, 1.165) is 9.87 Å². The van der Waals surface area contributed by atoms with Gasteiger partial charge in [0.2, 0.25) is 0 Å². The molecule has 7 heteroatoms. The molecular weight excluding hydrogens is 382 g/mol.